The molecule has 6 heteroatoms. The van der Waals surface area contributed by atoms with E-state index >= 15 is 0 Å². The Morgan fingerprint density at radius 3 is 2.50 bits per heavy atom. The van der Waals surface area contributed by atoms with Crippen molar-refractivity contribution in [3.63, 3.8) is 0 Å². The van der Waals surface area contributed by atoms with Crippen molar-refractivity contribution in [1.29, 1.82) is 0 Å². The van der Waals surface area contributed by atoms with Crippen molar-refractivity contribution in [2.75, 3.05) is 18.4 Å². The van der Waals surface area contributed by atoms with Crippen molar-refractivity contribution >= 4 is 15.7 Å². The monoisotopic (exact) mass is 300 g/mol. The molecule has 1 aromatic carbocycles. The van der Waals surface area contributed by atoms with Gasteiger partial charge in [-0.15, -0.1) is 0 Å². The molecule has 1 rings (SSSR count). The SMILES string of the molecule is CCNS(=O)(=O)c1ccccc1NCC(O)CC(C)C. The summed E-state index contributed by atoms with van der Waals surface area (Å²) >= 11 is 0. The number of hydrogen-bond acceptors (Lipinski definition) is 4. The fourth-order valence-electron chi connectivity index (χ4n) is 1.97. The molecular formula is C14H24N2O3S. The summed E-state index contributed by atoms with van der Waals surface area (Å²) in [6.07, 6.45) is 0.180. The Bertz CT molecular complexity index is 515. The number of benzene rings is 1. The zero-order valence-electron chi connectivity index (χ0n) is 12.3. The Morgan fingerprint density at radius 1 is 1.25 bits per heavy atom. The fraction of sp³-hybridized carbons (Fsp3) is 0.571. The Labute approximate surface area is 121 Å². The molecule has 0 radical (unpaired) electrons. The number of rotatable bonds is 8. The molecule has 114 valence electrons. The van der Waals surface area contributed by atoms with Crippen LogP contribution >= 0.6 is 0 Å². The lowest BCUT2D eigenvalue weighted by atomic mass is 10.1. The van der Waals surface area contributed by atoms with E-state index in [0.29, 0.717) is 31.1 Å². The zero-order chi connectivity index (χ0) is 15.2. The number of anilines is 1. The molecule has 0 fully saturated rings. The van der Waals surface area contributed by atoms with Crippen molar-refractivity contribution in [1.82, 2.24) is 4.72 Å². The van der Waals surface area contributed by atoms with Gasteiger partial charge in [-0.1, -0.05) is 32.9 Å². The summed E-state index contributed by atoms with van der Waals surface area (Å²) in [5.74, 6) is 0.396. The number of para-hydroxylation sites is 1. The predicted octanol–water partition coefficient (Wildman–Crippen LogP) is 1.80. The molecule has 20 heavy (non-hydrogen) atoms. The number of aliphatic hydroxyl groups is 1. The molecule has 0 aromatic heterocycles. The van der Waals surface area contributed by atoms with Gasteiger partial charge in [0.05, 0.1) is 11.8 Å². The highest BCUT2D eigenvalue weighted by Gasteiger charge is 2.17. The third kappa shape index (κ3) is 5.11. The van der Waals surface area contributed by atoms with Gasteiger partial charge in [0.25, 0.3) is 0 Å². The topological polar surface area (TPSA) is 78.4 Å². The van der Waals surface area contributed by atoms with Gasteiger partial charge in [0, 0.05) is 13.1 Å². The Balaban J connectivity index is 2.81. The van der Waals surface area contributed by atoms with E-state index in [-0.39, 0.29) is 4.90 Å². The smallest absolute Gasteiger partial charge is 0.242 e. The van der Waals surface area contributed by atoms with Gasteiger partial charge in [0.15, 0.2) is 0 Å². The van der Waals surface area contributed by atoms with Crippen LogP contribution in [0.15, 0.2) is 29.2 Å². The van der Waals surface area contributed by atoms with Crippen LogP contribution in [0.3, 0.4) is 0 Å². The highest BCUT2D eigenvalue weighted by molar-refractivity contribution is 7.89. The molecule has 1 unspecified atom stereocenters. The number of sulfonamides is 1. The standard InChI is InChI=1S/C14H24N2O3S/c1-4-16-20(18,19)14-8-6-5-7-13(14)15-10-12(17)9-11(2)3/h5-8,11-12,15-17H,4,9-10H2,1-3H3. The van der Waals surface area contributed by atoms with Crippen molar-refractivity contribution in [2.24, 2.45) is 5.92 Å². The molecular weight excluding hydrogens is 276 g/mol. The second-order valence-electron chi connectivity index (χ2n) is 5.16. The van der Waals surface area contributed by atoms with E-state index in [4.69, 9.17) is 0 Å². The van der Waals surface area contributed by atoms with Gasteiger partial charge in [-0.2, -0.15) is 0 Å². The van der Waals surface area contributed by atoms with Gasteiger partial charge < -0.3 is 10.4 Å². The maximum Gasteiger partial charge on any atom is 0.242 e. The first-order valence-electron chi connectivity index (χ1n) is 6.87. The van der Waals surface area contributed by atoms with Crippen LogP contribution in [0, 0.1) is 5.92 Å². The molecule has 1 aromatic rings. The minimum Gasteiger partial charge on any atom is -0.391 e. The summed E-state index contributed by atoms with van der Waals surface area (Å²) in [6, 6.07) is 6.70. The van der Waals surface area contributed by atoms with Gasteiger partial charge in [0.2, 0.25) is 10.0 Å². The summed E-state index contributed by atoms with van der Waals surface area (Å²) < 4.78 is 26.6. The summed E-state index contributed by atoms with van der Waals surface area (Å²) in [7, 11) is -3.51. The second kappa shape index (κ2) is 7.61. The van der Waals surface area contributed by atoms with Crippen LogP contribution in [0.25, 0.3) is 0 Å². The van der Waals surface area contributed by atoms with Crippen molar-refractivity contribution in [3.05, 3.63) is 24.3 Å². The third-order valence-corrected chi connectivity index (χ3v) is 4.39. The largest absolute Gasteiger partial charge is 0.391 e. The molecule has 0 bridgehead atoms. The van der Waals surface area contributed by atoms with Crippen LogP contribution in [0.5, 0.6) is 0 Å². The third-order valence-electron chi connectivity index (χ3n) is 2.78. The van der Waals surface area contributed by atoms with E-state index in [1.165, 1.54) is 0 Å². The van der Waals surface area contributed by atoms with Crippen LogP contribution in [-0.4, -0.2) is 32.7 Å². The molecule has 0 aliphatic heterocycles. The normalized spacial score (nSPS) is 13.4. The quantitative estimate of drug-likeness (QED) is 0.684. The van der Waals surface area contributed by atoms with Gasteiger partial charge in [-0.25, -0.2) is 13.1 Å². The van der Waals surface area contributed by atoms with E-state index in [0.717, 1.165) is 0 Å². The minimum atomic E-state index is -3.51. The average Bonchev–Trinajstić information content (AvgIpc) is 2.36. The first-order valence-corrected chi connectivity index (χ1v) is 8.35. The molecule has 1 atom stereocenters. The van der Waals surface area contributed by atoms with Crippen molar-refractivity contribution in [2.45, 2.75) is 38.2 Å². The number of aliphatic hydroxyl groups excluding tert-OH is 1. The van der Waals surface area contributed by atoms with E-state index in [1.807, 2.05) is 13.8 Å². The summed E-state index contributed by atoms with van der Waals surface area (Å²) in [5.41, 5.74) is 0.510. The van der Waals surface area contributed by atoms with Crippen molar-refractivity contribution < 1.29 is 13.5 Å². The van der Waals surface area contributed by atoms with Crippen LogP contribution in [0.4, 0.5) is 5.69 Å². The van der Waals surface area contributed by atoms with Gasteiger partial charge in [-0.05, 0) is 24.5 Å². The Kier molecular flexibility index (Phi) is 6.45. The molecule has 3 N–H and O–H groups in total. The zero-order valence-corrected chi connectivity index (χ0v) is 13.1. The summed E-state index contributed by atoms with van der Waals surface area (Å²) in [4.78, 5) is 0.207. The lowest BCUT2D eigenvalue weighted by Crippen LogP contribution is -2.26. The number of hydrogen-bond donors (Lipinski definition) is 3. The Hall–Kier alpha value is -1.11. The summed E-state index contributed by atoms with van der Waals surface area (Å²) in [6.45, 7) is 6.48. The van der Waals surface area contributed by atoms with E-state index < -0.39 is 16.1 Å². The molecule has 0 saturated heterocycles. The van der Waals surface area contributed by atoms with Crippen molar-refractivity contribution in [3.8, 4) is 0 Å². The maximum absolute atomic E-state index is 12.1. The van der Waals surface area contributed by atoms with Crippen LogP contribution in [0.1, 0.15) is 27.2 Å². The second-order valence-corrected chi connectivity index (χ2v) is 6.90. The van der Waals surface area contributed by atoms with Crippen LogP contribution in [-0.2, 0) is 10.0 Å². The lowest BCUT2D eigenvalue weighted by Gasteiger charge is -2.17. The van der Waals surface area contributed by atoms with Gasteiger partial charge in [0.1, 0.15) is 4.90 Å². The highest BCUT2D eigenvalue weighted by Crippen LogP contribution is 2.20. The fourth-order valence-corrected chi connectivity index (χ4v) is 3.19. The van der Waals surface area contributed by atoms with Crippen LogP contribution < -0.4 is 10.0 Å². The first-order chi connectivity index (χ1) is 9.36. The van der Waals surface area contributed by atoms with Gasteiger partial charge >= 0.3 is 0 Å². The Morgan fingerprint density at radius 2 is 1.90 bits per heavy atom. The molecule has 0 aliphatic rings. The molecule has 0 spiro atoms. The van der Waals surface area contributed by atoms with E-state index in [2.05, 4.69) is 10.0 Å². The van der Waals surface area contributed by atoms with E-state index in [9.17, 15) is 13.5 Å². The number of nitrogens with one attached hydrogen (secondary N) is 2. The van der Waals surface area contributed by atoms with Gasteiger partial charge in [-0.3, -0.25) is 0 Å². The minimum absolute atomic E-state index is 0.207. The molecule has 5 nitrogen and oxygen atoms in total. The van der Waals surface area contributed by atoms with E-state index in [1.54, 1.807) is 31.2 Å². The average molecular weight is 300 g/mol. The molecule has 0 heterocycles. The molecule has 0 aliphatic carbocycles. The molecule has 0 amide bonds. The lowest BCUT2D eigenvalue weighted by molar-refractivity contribution is 0.161. The molecule has 0 saturated carbocycles. The summed E-state index contributed by atoms with van der Waals surface area (Å²) in [5, 5.41) is 12.9. The maximum atomic E-state index is 12.1. The van der Waals surface area contributed by atoms with Crippen LogP contribution in [0.2, 0.25) is 0 Å². The highest BCUT2D eigenvalue weighted by atomic mass is 32.2. The predicted molar refractivity (Wildman–Crippen MR) is 81.3 cm³/mol. The first kappa shape index (κ1) is 16.9.